The molecule has 3 aromatic rings. The number of thioether (sulfide) groups is 1. The van der Waals surface area contributed by atoms with Crippen molar-refractivity contribution in [3.05, 3.63) is 60.7 Å². The number of pyridine rings is 2. The molecule has 0 spiro atoms. The molecule has 3 nitrogen and oxygen atoms in total. The molecule has 0 amide bonds. The molecular weight excluding hydrogens is 242 g/mol. The Hall–Kier alpha value is -1.81. The zero-order valence-electron chi connectivity index (χ0n) is 10.0. The zero-order chi connectivity index (χ0) is 12.4. The summed E-state index contributed by atoms with van der Waals surface area (Å²) in [6.07, 6.45) is 7.65. The van der Waals surface area contributed by atoms with Gasteiger partial charge in [-0.1, -0.05) is 23.9 Å². The van der Waals surface area contributed by atoms with E-state index in [1.54, 1.807) is 18.0 Å². The van der Waals surface area contributed by atoms with E-state index in [1.165, 1.54) is 5.56 Å². The molecule has 3 rings (SSSR count). The van der Waals surface area contributed by atoms with Crippen molar-refractivity contribution in [1.29, 1.82) is 0 Å². The maximum Gasteiger partial charge on any atom is 0.173 e. The molecule has 0 bridgehead atoms. The highest BCUT2D eigenvalue weighted by Crippen LogP contribution is 2.33. The van der Waals surface area contributed by atoms with Gasteiger partial charge in [0.1, 0.15) is 0 Å². The van der Waals surface area contributed by atoms with Crippen molar-refractivity contribution >= 4 is 17.3 Å². The van der Waals surface area contributed by atoms with Gasteiger partial charge in [-0.25, -0.2) is 4.98 Å². The Balaban J connectivity index is 1.89. The lowest BCUT2D eigenvalue weighted by Gasteiger charge is -2.09. The van der Waals surface area contributed by atoms with E-state index >= 15 is 0 Å². The van der Waals surface area contributed by atoms with Crippen LogP contribution in [0.2, 0.25) is 0 Å². The topological polar surface area (TPSA) is 30.2 Å². The molecule has 0 aliphatic heterocycles. The van der Waals surface area contributed by atoms with Gasteiger partial charge in [0.05, 0.1) is 11.7 Å². The summed E-state index contributed by atoms with van der Waals surface area (Å²) in [7, 11) is 0. The molecule has 0 aliphatic rings. The van der Waals surface area contributed by atoms with Crippen LogP contribution < -0.4 is 0 Å². The summed E-state index contributed by atoms with van der Waals surface area (Å²) >= 11 is 1.74. The Morgan fingerprint density at radius 3 is 2.94 bits per heavy atom. The van der Waals surface area contributed by atoms with Gasteiger partial charge in [-0.2, -0.15) is 0 Å². The van der Waals surface area contributed by atoms with E-state index in [4.69, 9.17) is 0 Å². The first-order valence-corrected chi connectivity index (χ1v) is 6.71. The van der Waals surface area contributed by atoms with Gasteiger partial charge < -0.3 is 0 Å². The molecule has 0 aliphatic carbocycles. The van der Waals surface area contributed by atoms with Crippen LogP contribution in [0.15, 0.2) is 60.3 Å². The van der Waals surface area contributed by atoms with Crippen molar-refractivity contribution in [3.63, 3.8) is 0 Å². The van der Waals surface area contributed by atoms with Crippen molar-refractivity contribution in [1.82, 2.24) is 14.4 Å². The van der Waals surface area contributed by atoms with Crippen LogP contribution in [0, 0.1) is 0 Å². The Bertz CT molecular complexity index is 648. The Morgan fingerprint density at radius 2 is 2.11 bits per heavy atom. The van der Waals surface area contributed by atoms with Crippen molar-refractivity contribution in [2.24, 2.45) is 0 Å². The van der Waals surface area contributed by atoms with E-state index in [9.17, 15) is 0 Å². The summed E-state index contributed by atoms with van der Waals surface area (Å²) in [6, 6.07) is 10.2. The molecule has 0 N–H and O–H groups in total. The molecule has 0 radical (unpaired) electrons. The molecule has 0 fully saturated rings. The molecule has 4 heteroatoms. The molecule has 0 saturated heterocycles. The van der Waals surface area contributed by atoms with Gasteiger partial charge in [-0.05, 0) is 30.7 Å². The van der Waals surface area contributed by atoms with Crippen LogP contribution in [0.1, 0.15) is 17.7 Å². The van der Waals surface area contributed by atoms with Gasteiger partial charge in [0.2, 0.25) is 0 Å². The quantitative estimate of drug-likeness (QED) is 0.670. The first-order valence-electron chi connectivity index (χ1n) is 5.83. The summed E-state index contributed by atoms with van der Waals surface area (Å²) in [6.45, 7) is 2.17. The van der Waals surface area contributed by atoms with Gasteiger partial charge in [0, 0.05) is 23.8 Å². The fraction of sp³-hybridized carbons (Fsp3) is 0.143. The minimum atomic E-state index is 0.338. The molecule has 90 valence electrons. The SMILES string of the molecule is C[C@H](Sc1ncc2ccccn12)c1cccnc1. The summed E-state index contributed by atoms with van der Waals surface area (Å²) in [5, 5.41) is 1.35. The van der Waals surface area contributed by atoms with Crippen molar-refractivity contribution in [3.8, 4) is 0 Å². The smallest absolute Gasteiger partial charge is 0.173 e. The fourth-order valence-electron chi connectivity index (χ4n) is 1.85. The minimum Gasteiger partial charge on any atom is -0.295 e. The Labute approximate surface area is 110 Å². The second-order valence-electron chi connectivity index (χ2n) is 4.08. The lowest BCUT2D eigenvalue weighted by molar-refractivity contribution is 0.942. The number of hydrogen-bond donors (Lipinski definition) is 0. The molecule has 3 heterocycles. The lowest BCUT2D eigenvalue weighted by atomic mass is 10.2. The van der Waals surface area contributed by atoms with E-state index < -0.39 is 0 Å². The summed E-state index contributed by atoms with van der Waals surface area (Å²) in [4.78, 5) is 8.62. The van der Waals surface area contributed by atoms with E-state index in [0.29, 0.717) is 5.25 Å². The molecule has 0 aromatic carbocycles. The minimum absolute atomic E-state index is 0.338. The van der Waals surface area contributed by atoms with E-state index in [2.05, 4.69) is 33.4 Å². The fourth-order valence-corrected chi connectivity index (χ4v) is 2.83. The van der Waals surface area contributed by atoms with Crippen LogP contribution in [-0.4, -0.2) is 14.4 Å². The van der Waals surface area contributed by atoms with Crippen LogP contribution >= 0.6 is 11.8 Å². The zero-order valence-corrected chi connectivity index (χ0v) is 10.8. The Kier molecular flexibility index (Phi) is 3.02. The third kappa shape index (κ3) is 2.11. The summed E-state index contributed by atoms with van der Waals surface area (Å²) in [5.74, 6) is 0. The van der Waals surface area contributed by atoms with Gasteiger partial charge in [0.25, 0.3) is 0 Å². The van der Waals surface area contributed by atoms with Crippen molar-refractivity contribution in [2.75, 3.05) is 0 Å². The first-order chi connectivity index (χ1) is 8.84. The monoisotopic (exact) mass is 255 g/mol. The number of aromatic nitrogens is 3. The standard InChI is InChI=1S/C14H13N3S/c1-11(12-5-4-7-15-9-12)18-14-16-10-13-6-2-3-8-17(13)14/h2-11H,1H3/t11-/m0/s1. The predicted octanol–water partition coefficient (Wildman–Crippen LogP) is 3.58. The molecule has 0 saturated carbocycles. The number of nitrogens with zero attached hydrogens (tertiary/aromatic N) is 3. The van der Waals surface area contributed by atoms with Crippen molar-refractivity contribution < 1.29 is 0 Å². The summed E-state index contributed by atoms with van der Waals surface area (Å²) < 4.78 is 2.11. The number of fused-ring (bicyclic) bond motifs is 1. The molecule has 0 unspecified atom stereocenters. The van der Waals surface area contributed by atoms with E-state index in [0.717, 1.165) is 10.7 Å². The van der Waals surface area contributed by atoms with Gasteiger partial charge in [-0.15, -0.1) is 0 Å². The molecule has 18 heavy (non-hydrogen) atoms. The second kappa shape index (κ2) is 4.82. The molecule has 1 atom stereocenters. The van der Waals surface area contributed by atoms with Crippen LogP contribution in [0.4, 0.5) is 0 Å². The largest absolute Gasteiger partial charge is 0.295 e. The summed E-state index contributed by atoms with van der Waals surface area (Å²) in [5.41, 5.74) is 2.34. The van der Waals surface area contributed by atoms with Crippen LogP contribution in [0.25, 0.3) is 5.52 Å². The van der Waals surface area contributed by atoms with Gasteiger partial charge in [0.15, 0.2) is 5.16 Å². The maximum atomic E-state index is 4.47. The van der Waals surface area contributed by atoms with Gasteiger partial charge >= 0.3 is 0 Å². The number of imidazole rings is 1. The predicted molar refractivity (Wildman–Crippen MR) is 73.7 cm³/mol. The average Bonchev–Trinajstić information content (AvgIpc) is 2.83. The van der Waals surface area contributed by atoms with Gasteiger partial charge in [-0.3, -0.25) is 9.38 Å². The highest BCUT2D eigenvalue weighted by atomic mass is 32.2. The number of rotatable bonds is 3. The third-order valence-corrected chi connectivity index (χ3v) is 3.98. The molecule has 3 aromatic heterocycles. The highest BCUT2D eigenvalue weighted by molar-refractivity contribution is 7.99. The third-order valence-electron chi connectivity index (χ3n) is 2.84. The first kappa shape index (κ1) is 11.3. The Morgan fingerprint density at radius 1 is 1.17 bits per heavy atom. The van der Waals surface area contributed by atoms with E-state index in [-0.39, 0.29) is 0 Å². The normalized spacial score (nSPS) is 12.7. The van der Waals surface area contributed by atoms with E-state index in [1.807, 2.05) is 36.8 Å². The van der Waals surface area contributed by atoms with Crippen LogP contribution in [0.5, 0.6) is 0 Å². The second-order valence-corrected chi connectivity index (χ2v) is 5.39. The maximum absolute atomic E-state index is 4.47. The average molecular weight is 255 g/mol. The van der Waals surface area contributed by atoms with Crippen LogP contribution in [-0.2, 0) is 0 Å². The molecular formula is C14H13N3S. The highest BCUT2D eigenvalue weighted by Gasteiger charge is 2.11. The lowest BCUT2D eigenvalue weighted by Crippen LogP contribution is -1.92. The number of hydrogen-bond acceptors (Lipinski definition) is 3. The van der Waals surface area contributed by atoms with Crippen molar-refractivity contribution in [2.45, 2.75) is 17.3 Å². The van der Waals surface area contributed by atoms with Crippen LogP contribution in [0.3, 0.4) is 0 Å².